The van der Waals surface area contributed by atoms with Crippen molar-refractivity contribution in [3.05, 3.63) is 5.82 Å². The highest BCUT2D eigenvalue weighted by molar-refractivity contribution is 4.80. The van der Waals surface area contributed by atoms with Gasteiger partial charge in [0.05, 0.1) is 13.2 Å². The largest absolute Gasteiger partial charge is 0.368 e. The normalized spacial score (nSPS) is 26.8. The molecule has 0 spiro atoms. The molecular formula is C9H17N5O. The maximum atomic E-state index is 5.96. The highest BCUT2D eigenvalue weighted by atomic mass is 16.5. The van der Waals surface area contributed by atoms with E-state index in [2.05, 4.69) is 15.4 Å². The van der Waals surface area contributed by atoms with Gasteiger partial charge in [-0.3, -0.25) is 0 Å². The van der Waals surface area contributed by atoms with Gasteiger partial charge in [0.15, 0.2) is 5.82 Å². The van der Waals surface area contributed by atoms with Crippen LogP contribution < -0.4 is 5.73 Å². The second-order valence-corrected chi connectivity index (χ2v) is 3.99. The van der Waals surface area contributed by atoms with Crippen LogP contribution in [0.25, 0.3) is 0 Å². The lowest BCUT2D eigenvalue weighted by atomic mass is 9.93. The molecule has 15 heavy (non-hydrogen) atoms. The van der Waals surface area contributed by atoms with Crippen molar-refractivity contribution >= 4 is 0 Å². The van der Waals surface area contributed by atoms with E-state index < -0.39 is 0 Å². The zero-order chi connectivity index (χ0) is 10.7. The van der Waals surface area contributed by atoms with Gasteiger partial charge in [-0.1, -0.05) is 12.8 Å². The van der Waals surface area contributed by atoms with E-state index in [1.165, 1.54) is 17.6 Å². The summed E-state index contributed by atoms with van der Waals surface area (Å²) in [6, 6.07) is 0.162. The summed E-state index contributed by atoms with van der Waals surface area (Å²) in [5.41, 5.74) is 5.96. The van der Waals surface area contributed by atoms with Crippen molar-refractivity contribution in [3.63, 3.8) is 0 Å². The summed E-state index contributed by atoms with van der Waals surface area (Å²) in [5, 5.41) is 11.7. The van der Waals surface area contributed by atoms with Crippen molar-refractivity contribution in [3.8, 4) is 0 Å². The molecule has 0 radical (unpaired) electrons. The van der Waals surface area contributed by atoms with E-state index in [1.807, 2.05) is 0 Å². The number of aromatic nitrogens is 4. The van der Waals surface area contributed by atoms with Crippen LogP contribution >= 0.6 is 0 Å². The minimum Gasteiger partial charge on any atom is -0.368 e. The first kappa shape index (κ1) is 10.5. The van der Waals surface area contributed by atoms with Crippen molar-refractivity contribution < 1.29 is 4.74 Å². The van der Waals surface area contributed by atoms with Crippen LogP contribution in [0.4, 0.5) is 0 Å². The van der Waals surface area contributed by atoms with Gasteiger partial charge in [-0.25, -0.2) is 0 Å². The molecule has 1 heterocycles. The highest BCUT2D eigenvalue weighted by Crippen LogP contribution is 2.20. The highest BCUT2D eigenvalue weighted by Gasteiger charge is 2.22. The Kier molecular flexibility index (Phi) is 3.27. The van der Waals surface area contributed by atoms with Crippen LogP contribution in [0.5, 0.6) is 0 Å². The standard InChI is InChI=1S/C9H17N5O/c1-14-12-9(11-13-14)6-15-8-5-3-2-4-7(8)10/h7-8H,2-6,10H2,1H3. The molecule has 6 nitrogen and oxygen atoms in total. The zero-order valence-electron chi connectivity index (χ0n) is 8.96. The van der Waals surface area contributed by atoms with Gasteiger partial charge in [0, 0.05) is 6.04 Å². The lowest BCUT2D eigenvalue weighted by Crippen LogP contribution is -2.39. The fourth-order valence-electron chi connectivity index (χ4n) is 1.90. The molecule has 0 saturated heterocycles. The van der Waals surface area contributed by atoms with Gasteiger partial charge >= 0.3 is 0 Å². The molecule has 0 aliphatic heterocycles. The molecular weight excluding hydrogens is 194 g/mol. The lowest BCUT2D eigenvalue weighted by Gasteiger charge is -2.27. The SMILES string of the molecule is Cn1nnc(COC2CCCCC2N)n1. The quantitative estimate of drug-likeness (QED) is 0.761. The molecule has 6 heteroatoms. The fourth-order valence-corrected chi connectivity index (χ4v) is 1.90. The van der Waals surface area contributed by atoms with Gasteiger partial charge in [0.1, 0.15) is 6.61 Å². The molecule has 0 amide bonds. The summed E-state index contributed by atoms with van der Waals surface area (Å²) in [6.45, 7) is 0.409. The number of rotatable bonds is 3. The Hall–Kier alpha value is -1.01. The molecule has 1 saturated carbocycles. The predicted octanol–water partition coefficient (Wildman–Crippen LogP) is -0.00340. The van der Waals surface area contributed by atoms with Crippen molar-refractivity contribution in [2.75, 3.05) is 0 Å². The Bertz CT molecular complexity index is 313. The number of aryl methyl sites for hydroxylation is 1. The topological polar surface area (TPSA) is 78.8 Å². The predicted molar refractivity (Wildman–Crippen MR) is 53.8 cm³/mol. The summed E-state index contributed by atoms with van der Waals surface area (Å²) in [4.78, 5) is 1.43. The number of nitrogens with zero attached hydrogens (tertiary/aromatic N) is 4. The minimum absolute atomic E-state index is 0.155. The molecule has 2 N–H and O–H groups in total. The van der Waals surface area contributed by atoms with E-state index in [9.17, 15) is 0 Å². The maximum absolute atomic E-state index is 5.96. The van der Waals surface area contributed by atoms with Gasteiger partial charge in [0.25, 0.3) is 0 Å². The summed E-state index contributed by atoms with van der Waals surface area (Å²) >= 11 is 0. The summed E-state index contributed by atoms with van der Waals surface area (Å²) in [7, 11) is 1.74. The summed E-state index contributed by atoms with van der Waals surface area (Å²) < 4.78 is 5.69. The Balaban J connectivity index is 1.81. The first-order valence-corrected chi connectivity index (χ1v) is 5.36. The second-order valence-electron chi connectivity index (χ2n) is 3.99. The first-order chi connectivity index (χ1) is 7.25. The Morgan fingerprint density at radius 2 is 2.27 bits per heavy atom. The van der Waals surface area contributed by atoms with Crippen molar-refractivity contribution in [1.82, 2.24) is 20.2 Å². The van der Waals surface area contributed by atoms with Crippen LogP contribution in [-0.2, 0) is 18.4 Å². The van der Waals surface area contributed by atoms with Crippen molar-refractivity contribution in [2.45, 2.75) is 44.4 Å². The Labute approximate surface area is 88.8 Å². The number of ether oxygens (including phenoxy) is 1. The Morgan fingerprint density at radius 1 is 1.47 bits per heavy atom. The van der Waals surface area contributed by atoms with Crippen LogP contribution in [0.2, 0.25) is 0 Å². The molecule has 1 aliphatic rings. The average Bonchev–Trinajstić information content (AvgIpc) is 2.63. The third-order valence-electron chi connectivity index (χ3n) is 2.73. The van der Waals surface area contributed by atoms with E-state index in [0.29, 0.717) is 12.4 Å². The fraction of sp³-hybridized carbons (Fsp3) is 0.889. The van der Waals surface area contributed by atoms with Crippen LogP contribution in [-0.4, -0.2) is 32.4 Å². The average molecular weight is 211 g/mol. The van der Waals surface area contributed by atoms with E-state index in [4.69, 9.17) is 10.5 Å². The number of hydrogen-bond acceptors (Lipinski definition) is 5. The van der Waals surface area contributed by atoms with Crippen LogP contribution in [0, 0.1) is 0 Å². The molecule has 0 aromatic carbocycles. The summed E-state index contributed by atoms with van der Waals surface area (Å²) in [5.74, 6) is 0.621. The third-order valence-corrected chi connectivity index (χ3v) is 2.73. The molecule has 1 aromatic heterocycles. The monoisotopic (exact) mass is 211 g/mol. The number of hydrogen-bond donors (Lipinski definition) is 1. The number of tetrazole rings is 1. The van der Waals surface area contributed by atoms with Gasteiger partial charge in [-0.15, -0.1) is 10.2 Å². The molecule has 2 unspecified atom stereocenters. The van der Waals surface area contributed by atoms with E-state index in [0.717, 1.165) is 12.8 Å². The van der Waals surface area contributed by atoms with Crippen molar-refractivity contribution in [1.29, 1.82) is 0 Å². The minimum atomic E-state index is 0.155. The molecule has 2 rings (SSSR count). The first-order valence-electron chi connectivity index (χ1n) is 5.36. The molecule has 1 fully saturated rings. The molecule has 2 atom stereocenters. The maximum Gasteiger partial charge on any atom is 0.200 e. The zero-order valence-corrected chi connectivity index (χ0v) is 8.96. The van der Waals surface area contributed by atoms with E-state index in [1.54, 1.807) is 7.05 Å². The molecule has 1 aromatic rings. The van der Waals surface area contributed by atoms with Gasteiger partial charge in [-0.2, -0.15) is 4.80 Å². The number of nitrogens with two attached hydrogens (primary N) is 1. The lowest BCUT2D eigenvalue weighted by molar-refractivity contribution is 0.000882. The van der Waals surface area contributed by atoms with Crippen LogP contribution in [0.1, 0.15) is 31.5 Å². The summed E-state index contributed by atoms with van der Waals surface area (Å²) in [6.07, 6.45) is 4.67. The molecule has 84 valence electrons. The second kappa shape index (κ2) is 4.67. The van der Waals surface area contributed by atoms with Gasteiger partial charge in [-0.05, 0) is 18.1 Å². The molecule has 1 aliphatic carbocycles. The van der Waals surface area contributed by atoms with E-state index >= 15 is 0 Å². The Morgan fingerprint density at radius 3 is 2.93 bits per heavy atom. The van der Waals surface area contributed by atoms with Crippen LogP contribution in [0.15, 0.2) is 0 Å². The third kappa shape index (κ3) is 2.73. The molecule has 0 bridgehead atoms. The van der Waals surface area contributed by atoms with E-state index in [-0.39, 0.29) is 12.1 Å². The smallest absolute Gasteiger partial charge is 0.200 e. The van der Waals surface area contributed by atoms with Gasteiger partial charge in [0.2, 0.25) is 0 Å². The van der Waals surface area contributed by atoms with Crippen molar-refractivity contribution in [2.24, 2.45) is 12.8 Å². The van der Waals surface area contributed by atoms with Crippen LogP contribution in [0.3, 0.4) is 0 Å². The van der Waals surface area contributed by atoms with Gasteiger partial charge < -0.3 is 10.5 Å².